The van der Waals surface area contributed by atoms with E-state index in [1.54, 1.807) is 0 Å². The van der Waals surface area contributed by atoms with Crippen molar-refractivity contribution in [2.45, 2.75) is 19.9 Å². The van der Waals surface area contributed by atoms with Crippen molar-refractivity contribution >= 4 is 29.2 Å². The molecule has 1 atom stereocenters. The van der Waals surface area contributed by atoms with Gasteiger partial charge >= 0.3 is 0 Å². The van der Waals surface area contributed by atoms with Crippen LogP contribution in [0.2, 0.25) is 0 Å². The minimum atomic E-state index is 0.127. The van der Waals surface area contributed by atoms with Crippen LogP contribution in [-0.2, 0) is 0 Å². The van der Waals surface area contributed by atoms with E-state index < -0.39 is 0 Å². The summed E-state index contributed by atoms with van der Waals surface area (Å²) in [6.45, 7) is 6.24. The summed E-state index contributed by atoms with van der Waals surface area (Å²) in [5.41, 5.74) is 2.18. The fourth-order valence-corrected chi connectivity index (χ4v) is 2.65. The number of aliphatic imine (C=N–C) groups is 1. The van der Waals surface area contributed by atoms with E-state index in [2.05, 4.69) is 53.3 Å². The highest BCUT2D eigenvalue weighted by molar-refractivity contribution is 7.80. The van der Waals surface area contributed by atoms with Crippen LogP contribution in [-0.4, -0.2) is 29.3 Å². The highest BCUT2D eigenvalue weighted by Gasteiger charge is 2.15. The molecule has 2 aromatic rings. The molecule has 0 bridgehead atoms. The number of hydrogen-bond donors (Lipinski definition) is 1. The second-order valence-corrected chi connectivity index (χ2v) is 5.54. The third-order valence-electron chi connectivity index (χ3n) is 3.70. The number of hydrogen-bond acceptors (Lipinski definition) is 2. The Balaban J connectivity index is 2.12. The molecule has 3 nitrogen and oxygen atoms in total. The van der Waals surface area contributed by atoms with Gasteiger partial charge in [-0.3, -0.25) is 4.90 Å². The highest BCUT2D eigenvalue weighted by atomic mass is 32.1. The van der Waals surface area contributed by atoms with Crippen molar-refractivity contribution in [1.82, 2.24) is 4.90 Å². The second-order valence-electron chi connectivity index (χ2n) is 5.15. The first kappa shape index (κ1) is 17.3. The molecule has 23 heavy (non-hydrogen) atoms. The van der Waals surface area contributed by atoms with Crippen molar-refractivity contribution in [2.75, 3.05) is 18.4 Å². The van der Waals surface area contributed by atoms with Crippen LogP contribution in [0.1, 0.15) is 25.5 Å². The summed E-state index contributed by atoms with van der Waals surface area (Å²) in [6, 6.07) is 20.4. The van der Waals surface area contributed by atoms with Gasteiger partial charge in [-0.05, 0) is 43.0 Å². The van der Waals surface area contributed by atoms with Crippen LogP contribution in [0.25, 0.3) is 0 Å². The van der Waals surface area contributed by atoms with Crippen LogP contribution in [0.3, 0.4) is 0 Å². The molecule has 0 aliphatic rings. The van der Waals surface area contributed by atoms with Gasteiger partial charge in [0.05, 0.1) is 6.04 Å². The fourth-order valence-electron chi connectivity index (χ4n) is 2.47. The zero-order chi connectivity index (χ0) is 16.5. The van der Waals surface area contributed by atoms with Gasteiger partial charge in [0.15, 0.2) is 5.11 Å². The van der Waals surface area contributed by atoms with Crippen molar-refractivity contribution < 1.29 is 0 Å². The molecule has 1 N–H and O–H groups in total. The summed E-state index contributed by atoms with van der Waals surface area (Å²) in [7, 11) is 0. The lowest BCUT2D eigenvalue weighted by Crippen LogP contribution is -2.29. The van der Waals surface area contributed by atoms with Crippen molar-refractivity contribution in [3.8, 4) is 0 Å². The van der Waals surface area contributed by atoms with Crippen LogP contribution in [0, 0.1) is 0 Å². The standard InChI is InChI=1S/C19H23N3S/c1-3-22(4-2)18(16-11-7-5-8-12-16)15-20-19(23)21-17-13-9-6-10-14-17/h5-15,18H,3-4H2,1-2H3,(H,21,23). The van der Waals surface area contributed by atoms with Gasteiger partial charge in [-0.2, -0.15) is 0 Å². The summed E-state index contributed by atoms with van der Waals surface area (Å²) in [5, 5.41) is 3.61. The maximum atomic E-state index is 5.34. The average molecular weight is 325 g/mol. The predicted molar refractivity (Wildman–Crippen MR) is 103 cm³/mol. The Kier molecular flexibility index (Phi) is 6.91. The van der Waals surface area contributed by atoms with E-state index in [4.69, 9.17) is 12.2 Å². The van der Waals surface area contributed by atoms with Crippen LogP contribution >= 0.6 is 12.2 Å². The van der Waals surface area contributed by atoms with Gasteiger partial charge in [0.1, 0.15) is 0 Å². The Morgan fingerprint density at radius 3 is 2.17 bits per heavy atom. The Labute approximate surface area is 144 Å². The zero-order valence-corrected chi connectivity index (χ0v) is 14.5. The number of rotatable bonds is 6. The monoisotopic (exact) mass is 325 g/mol. The third-order valence-corrected chi connectivity index (χ3v) is 3.91. The van der Waals surface area contributed by atoms with Crippen LogP contribution in [0.4, 0.5) is 5.69 Å². The van der Waals surface area contributed by atoms with E-state index in [1.165, 1.54) is 5.56 Å². The van der Waals surface area contributed by atoms with Gasteiger partial charge in [0, 0.05) is 11.9 Å². The molecule has 0 heterocycles. The quantitative estimate of drug-likeness (QED) is 0.624. The zero-order valence-electron chi connectivity index (χ0n) is 13.6. The molecule has 0 amide bonds. The molecule has 0 radical (unpaired) electrons. The van der Waals surface area contributed by atoms with E-state index in [9.17, 15) is 0 Å². The molecule has 0 aliphatic heterocycles. The van der Waals surface area contributed by atoms with Crippen LogP contribution in [0.15, 0.2) is 65.7 Å². The van der Waals surface area contributed by atoms with Gasteiger partial charge < -0.3 is 5.32 Å². The normalized spacial score (nSPS) is 12.5. The van der Waals surface area contributed by atoms with Crippen molar-refractivity contribution in [1.29, 1.82) is 0 Å². The van der Waals surface area contributed by atoms with E-state index in [-0.39, 0.29) is 6.04 Å². The number of para-hydroxylation sites is 1. The first-order valence-corrected chi connectivity index (χ1v) is 8.34. The Morgan fingerprint density at radius 1 is 1.04 bits per heavy atom. The summed E-state index contributed by atoms with van der Waals surface area (Å²) >= 11 is 5.34. The van der Waals surface area contributed by atoms with Crippen molar-refractivity contribution in [3.63, 3.8) is 0 Å². The molecule has 0 saturated heterocycles. The summed E-state index contributed by atoms with van der Waals surface area (Å²) in [5.74, 6) is 0. The lowest BCUT2D eigenvalue weighted by atomic mass is 10.1. The van der Waals surface area contributed by atoms with E-state index in [1.807, 2.05) is 42.6 Å². The molecule has 0 fully saturated rings. The maximum absolute atomic E-state index is 5.34. The number of nitrogens with one attached hydrogen (secondary N) is 1. The van der Waals surface area contributed by atoms with Gasteiger partial charge in [-0.25, -0.2) is 4.99 Å². The molecule has 0 aliphatic carbocycles. The summed E-state index contributed by atoms with van der Waals surface area (Å²) < 4.78 is 0. The topological polar surface area (TPSA) is 27.6 Å². The summed E-state index contributed by atoms with van der Waals surface area (Å²) in [4.78, 5) is 6.82. The average Bonchev–Trinajstić information content (AvgIpc) is 2.60. The van der Waals surface area contributed by atoms with Crippen molar-refractivity contribution in [2.24, 2.45) is 4.99 Å². The second kappa shape index (κ2) is 9.18. The molecule has 2 aromatic carbocycles. The predicted octanol–water partition coefficient (Wildman–Crippen LogP) is 4.54. The molecule has 0 spiro atoms. The van der Waals surface area contributed by atoms with Crippen molar-refractivity contribution in [3.05, 3.63) is 66.2 Å². The largest absolute Gasteiger partial charge is 0.331 e. The van der Waals surface area contributed by atoms with Gasteiger partial charge in [0.2, 0.25) is 0 Å². The fraction of sp³-hybridized carbons (Fsp3) is 0.263. The Bertz CT molecular complexity index is 622. The molecular formula is C19H23N3S. The van der Waals surface area contributed by atoms with E-state index >= 15 is 0 Å². The lowest BCUT2D eigenvalue weighted by molar-refractivity contribution is 0.275. The minimum Gasteiger partial charge on any atom is -0.331 e. The summed E-state index contributed by atoms with van der Waals surface area (Å²) in [6.07, 6.45) is 1.93. The first-order chi connectivity index (χ1) is 11.2. The molecule has 0 aromatic heterocycles. The van der Waals surface area contributed by atoms with Gasteiger partial charge in [-0.1, -0.05) is 62.4 Å². The third kappa shape index (κ3) is 5.27. The highest BCUT2D eigenvalue weighted by Crippen LogP contribution is 2.18. The molecular weight excluding hydrogens is 302 g/mol. The number of benzene rings is 2. The molecule has 4 heteroatoms. The Morgan fingerprint density at radius 2 is 1.61 bits per heavy atom. The molecule has 120 valence electrons. The van der Waals surface area contributed by atoms with Crippen LogP contribution < -0.4 is 5.32 Å². The number of thiocarbonyl (C=S) groups is 1. The molecule has 0 saturated carbocycles. The van der Waals surface area contributed by atoms with E-state index in [0.717, 1.165) is 18.8 Å². The number of nitrogens with zero attached hydrogens (tertiary/aromatic N) is 2. The van der Waals surface area contributed by atoms with E-state index in [0.29, 0.717) is 5.11 Å². The van der Waals surface area contributed by atoms with Crippen LogP contribution in [0.5, 0.6) is 0 Å². The number of anilines is 1. The SMILES string of the molecule is CCN(CC)C(C=NC(=S)Nc1ccccc1)c1ccccc1. The molecule has 1 unspecified atom stereocenters. The lowest BCUT2D eigenvalue weighted by Gasteiger charge is -2.27. The maximum Gasteiger partial charge on any atom is 0.196 e. The smallest absolute Gasteiger partial charge is 0.196 e. The molecule has 2 rings (SSSR count). The Hall–Kier alpha value is -2.04. The van der Waals surface area contributed by atoms with Gasteiger partial charge in [0.25, 0.3) is 0 Å². The first-order valence-electron chi connectivity index (χ1n) is 7.93. The minimum absolute atomic E-state index is 0.127. The van der Waals surface area contributed by atoms with Gasteiger partial charge in [-0.15, -0.1) is 0 Å².